The van der Waals surface area contributed by atoms with Gasteiger partial charge in [-0.15, -0.1) is 0 Å². The van der Waals surface area contributed by atoms with E-state index in [4.69, 9.17) is 9.47 Å². The number of carbonyl (C=O) groups excluding carboxylic acids is 2. The number of hydrogen-bond acceptors (Lipinski definition) is 7. The highest BCUT2D eigenvalue weighted by Gasteiger charge is 2.28. The summed E-state index contributed by atoms with van der Waals surface area (Å²) in [5, 5.41) is 5.34. The smallest absolute Gasteiger partial charge is 0.254 e. The molecule has 4 aromatic rings. The van der Waals surface area contributed by atoms with Crippen LogP contribution in [-0.2, 0) is 23.1 Å². The molecule has 0 spiro atoms. The first kappa shape index (κ1) is 29.8. The number of benzene rings is 1. The third-order valence-electron chi connectivity index (χ3n) is 8.50. The molecule has 1 fully saturated rings. The second-order valence-corrected chi connectivity index (χ2v) is 11.7. The maximum absolute atomic E-state index is 14.3. The molecule has 3 aromatic heterocycles. The molecule has 11 heteroatoms. The van der Waals surface area contributed by atoms with E-state index >= 15 is 0 Å². The van der Waals surface area contributed by atoms with E-state index in [9.17, 15) is 9.59 Å². The van der Waals surface area contributed by atoms with Gasteiger partial charge in [-0.2, -0.15) is 5.10 Å². The van der Waals surface area contributed by atoms with Crippen LogP contribution < -0.4 is 4.74 Å². The molecule has 2 aliphatic rings. The van der Waals surface area contributed by atoms with Crippen LogP contribution in [0.2, 0.25) is 0 Å². The maximum atomic E-state index is 14.3. The van der Waals surface area contributed by atoms with E-state index in [1.807, 2.05) is 67.2 Å². The first-order chi connectivity index (χ1) is 21.4. The number of aromatic nitrogens is 5. The first-order valence-corrected chi connectivity index (χ1v) is 15.6. The number of aryl methyl sites for hydroxylation is 3. The molecule has 2 amide bonds. The van der Waals surface area contributed by atoms with Crippen molar-refractivity contribution < 1.29 is 19.1 Å². The first-order valence-electron chi connectivity index (χ1n) is 15.6. The van der Waals surface area contributed by atoms with Gasteiger partial charge in [0.2, 0.25) is 0 Å². The molecule has 0 aliphatic carbocycles. The summed E-state index contributed by atoms with van der Waals surface area (Å²) in [5.41, 5.74) is 3.83. The van der Waals surface area contributed by atoms with Gasteiger partial charge in [0.1, 0.15) is 17.7 Å². The van der Waals surface area contributed by atoms with Crippen molar-refractivity contribution in [2.75, 3.05) is 39.4 Å². The van der Waals surface area contributed by atoms with Crippen molar-refractivity contribution in [3.63, 3.8) is 0 Å². The van der Waals surface area contributed by atoms with Crippen molar-refractivity contribution >= 4 is 22.8 Å². The molecule has 11 nitrogen and oxygen atoms in total. The van der Waals surface area contributed by atoms with Gasteiger partial charge >= 0.3 is 0 Å². The minimum atomic E-state index is -0.359. The van der Waals surface area contributed by atoms with Gasteiger partial charge in [-0.3, -0.25) is 14.3 Å². The number of pyridine rings is 1. The van der Waals surface area contributed by atoms with Crippen molar-refractivity contribution in [3.05, 3.63) is 59.7 Å². The topological polar surface area (TPSA) is 108 Å². The van der Waals surface area contributed by atoms with Crippen LogP contribution in [0.15, 0.2) is 42.7 Å². The van der Waals surface area contributed by atoms with E-state index in [-0.39, 0.29) is 17.9 Å². The van der Waals surface area contributed by atoms with Gasteiger partial charge in [-0.05, 0) is 64.2 Å². The van der Waals surface area contributed by atoms with Crippen LogP contribution in [-0.4, -0.2) is 91.4 Å². The lowest BCUT2D eigenvalue weighted by atomic mass is 10.1. The van der Waals surface area contributed by atoms with Gasteiger partial charge in [-0.1, -0.05) is 12.1 Å². The molecule has 232 valence electrons. The number of carbonyl (C=O) groups is 2. The SMILES string of the molecule is Cc1cc(C(=O)N2CCCCN(C(=O)[C@H]3CCCO3)CCCOc3cccc(c3)-c3nccn3CC2)c2c(C)nn(C)c2n1. The predicted octanol–water partition coefficient (Wildman–Crippen LogP) is 4.16. The van der Waals surface area contributed by atoms with Crippen LogP contribution >= 0.6 is 0 Å². The molecular weight excluding hydrogens is 558 g/mol. The number of amides is 2. The Bertz CT molecular complexity index is 1640. The number of fused-ring (bicyclic) bond motifs is 5. The largest absolute Gasteiger partial charge is 0.494 e. The van der Waals surface area contributed by atoms with Gasteiger partial charge < -0.3 is 23.8 Å². The summed E-state index contributed by atoms with van der Waals surface area (Å²) in [5.74, 6) is 1.60. The number of ether oxygens (including phenoxy) is 2. The fraction of sp³-hybridized carbons (Fsp3) is 0.485. The van der Waals surface area contributed by atoms with E-state index < -0.39 is 0 Å². The Morgan fingerprint density at radius 3 is 2.57 bits per heavy atom. The molecule has 6 rings (SSSR count). The summed E-state index contributed by atoms with van der Waals surface area (Å²) in [6.45, 7) is 7.81. The summed E-state index contributed by atoms with van der Waals surface area (Å²) in [7, 11) is 1.86. The highest BCUT2D eigenvalue weighted by Crippen LogP contribution is 2.25. The molecule has 1 saturated heterocycles. The van der Waals surface area contributed by atoms with Crippen molar-refractivity contribution in [1.29, 1.82) is 0 Å². The summed E-state index contributed by atoms with van der Waals surface area (Å²) in [4.78, 5) is 40.8. The second-order valence-electron chi connectivity index (χ2n) is 11.7. The summed E-state index contributed by atoms with van der Waals surface area (Å²) in [6, 6.07) is 9.80. The minimum absolute atomic E-state index is 0.0427. The van der Waals surface area contributed by atoms with Crippen molar-refractivity contribution in [2.45, 2.75) is 58.6 Å². The zero-order chi connectivity index (χ0) is 30.6. The number of nitrogens with zero attached hydrogens (tertiary/aromatic N) is 7. The molecule has 5 heterocycles. The average Bonchev–Trinajstić information content (AvgIpc) is 3.78. The van der Waals surface area contributed by atoms with Crippen LogP contribution in [0, 0.1) is 13.8 Å². The van der Waals surface area contributed by atoms with Crippen molar-refractivity contribution in [3.8, 4) is 17.1 Å². The Balaban J connectivity index is 1.30. The number of hydrogen-bond donors (Lipinski definition) is 0. The highest BCUT2D eigenvalue weighted by molar-refractivity contribution is 6.06. The summed E-state index contributed by atoms with van der Waals surface area (Å²) >= 11 is 0. The molecule has 2 bridgehead atoms. The van der Waals surface area contributed by atoms with E-state index in [1.165, 1.54) is 0 Å². The molecule has 0 saturated carbocycles. The van der Waals surface area contributed by atoms with Crippen LogP contribution in [0.4, 0.5) is 0 Å². The van der Waals surface area contributed by atoms with E-state index in [2.05, 4.69) is 19.6 Å². The van der Waals surface area contributed by atoms with E-state index in [0.29, 0.717) is 63.6 Å². The zero-order valence-electron chi connectivity index (χ0n) is 25.9. The van der Waals surface area contributed by atoms with Crippen molar-refractivity contribution in [1.82, 2.24) is 34.1 Å². The lowest BCUT2D eigenvalue weighted by Crippen LogP contribution is -2.41. The molecule has 0 N–H and O–H groups in total. The normalized spacial score (nSPS) is 18.6. The Morgan fingerprint density at radius 1 is 0.932 bits per heavy atom. The van der Waals surface area contributed by atoms with Crippen LogP contribution in [0.1, 0.15) is 53.8 Å². The Kier molecular flexibility index (Phi) is 8.92. The Labute approximate surface area is 257 Å². The molecule has 0 radical (unpaired) electrons. The third kappa shape index (κ3) is 6.33. The second kappa shape index (κ2) is 13.2. The summed E-state index contributed by atoms with van der Waals surface area (Å²) in [6.07, 6.45) is 7.31. The number of rotatable bonds is 2. The van der Waals surface area contributed by atoms with Crippen LogP contribution in [0.25, 0.3) is 22.4 Å². The minimum Gasteiger partial charge on any atom is -0.494 e. The van der Waals surface area contributed by atoms with E-state index in [0.717, 1.165) is 59.6 Å². The quantitative estimate of drug-likeness (QED) is 0.341. The van der Waals surface area contributed by atoms with Gasteiger partial charge in [0.05, 0.1) is 23.3 Å². The third-order valence-corrected chi connectivity index (χ3v) is 8.50. The Morgan fingerprint density at radius 2 is 1.75 bits per heavy atom. The maximum Gasteiger partial charge on any atom is 0.254 e. The average molecular weight is 600 g/mol. The lowest BCUT2D eigenvalue weighted by Gasteiger charge is -2.27. The number of imidazole rings is 1. The van der Waals surface area contributed by atoms with Gasteiger partial charge in [-0.25, -0.2) is 9.97 Å². The van der Waals surface area contributed by atoms with E-state index in [1.54, 1.807) is 10.9 Å². The van der Waals surface area contributed by atoms with Crippen LogP contribution in [0.5, 0.6) is 5.75 Å². The molecule has 0 unspecified atom stereocenters. The lowest BCUT2D eigenvalue weighted by molar-refractivity contribution is -0.141. The van der Waals surface area contributed by atoms with Gasteiger partial charge in [0, 0.05) is 70.0 Å². The molecule has 44 heavy (non-hydrogen) atoms. The molecule has 1 aromatic carbocycles. The van der Waals surface area contributed by atoms with Crippen molar-refractivity contribution in [2.24, 2.45) is 7.05 Å². The monoisotopic (exact) mass is 599 g/mol. The predicted molar refractivity (Wildman–Crippen MR) is 166 cm³/mol. The standard InChI is InChI=1S/C33H41N7O4/c1-23-21-27(29-24(2)36-37(3)31(29)35-23)32(41)40-14-5-4-13-39(33(42)28-11-7-19-44-28)15-8-20-43-26-10-6-9-25(22-26)30-34-12-16-38(30)17-18-40/h6,9-10,12,16,21-22,28H,4-5,7-8,11,13-15,17-20H2,1-3H3/t28-/m1/s1. The summed E-state index contributed by atoms with van der Waals surface area (Å²) < 4.78 is 15.7. The zero-order valence-corrected chi connectivity index (χ0v) is 25.9. The molecular formula is C33H41N7O4. The Hall–Kier alpha value is -4.25. The highest BCUT2D eigenvalue weighted by atomic mass is 16.5. The molecule has 1 atom stereocenters. The fourth-order valence-corrected chi connectivity index (χ4v) is 6.29. The van der Waals surface area contributed by atoms with Gasteiger partial charge in [0.25, 0.3) is 11.8 Å². The molecule has 2 aliphatic heterocycles. The van der Waals surface area contributed by atoms with Crippen LogP contribution in [0.3, 0.4) is 0 Å². The van der Waals surface area contributed by atoms with Gasteiger partial charge in [0.15, 0.2) is 5.65 Å². The fourth-order valence-electron chi connectivity index (χ4n) is 6.29.